The summed E-state index contributed by atoms with van der Waals surface area (Å²) in [7, 11) is 1.89. The first-order valence-electron chi connectivity index (χ1n) is 5.74. The van der Waals surface area contributed by atoms with E-state index in [4.69, 9.17) is 10.4 Å². The summed E-state index contributed by atoms with van der Waals surface area (Å²) in [5, 5.41) is 17.7. The molecule has 0 spiro atoms. The molecule has 1 aromatic rings. The Bertz CT molecular complexity index is 568. The summed E-state index contributed by atoms with van der Waals surface area (Å²) in [5.41, 5.74) is 3.00. The van der Waals surface area contributed by atoms with Crippen molar-refractivity contribution in [1.29, 1.82) is 5.26 Å². The number of likely N-dealkylation sites (N-methyl/N-ethyl adjacent to an activating group) is 1. The minimum atomic E-state index is -1.01. The number of carbonyl (C=O) groups is 1. The van der Waals surface area contributed by atoms with E-state index in [9.17, 15) is 4.79 Å². The number of nitrogens with zero attached hydrogens (tertiary/aromatic N) is 2. The van der Waals surface area contributed by atoms with E-state index < -0.39 is 5.97 Å². The Morgan fingerprint density at radius 2 is 2.26 bits per heavy atom. The van der Waals surface area contributed by atoms with Crippen LogP contribution in [0, 0.1) is 11.3 Å². The molecule has 1 aromatic carbocycles. The Labute approximate surface area is 112 Å². The van der Waals surface area contributed by atoms with E-state index >= 15 is 0 Å². The van der Waals surface area contributed by atoms with Crippen LogP contribution in [0.3, 0.4) is 0 Å². The lowest BCUT2D eigenvalue weighted by atomic mass is 10.1. The molecule has 0 heterocycles. The molecule has 1 N–H and O–H groups in total. The van der Waals surface area contributed by atoms with Crippen LogP contribution in [0.15, 0.2) is 36.4 Å². The summed E-state index contributed by atoms with van der Waals surface area (Å²) in [5.74, 6) is -1.01. The largest absolute Gasteiger partial charge is 0.478 e. The highest BCUT2D eigenvalue weighted by atomic mass is 16.4. The number of benzene rings is 1. The zero-order valence-electron chi connectivity index (χ0n) is 11.1. The summed E-state index contributed by atoms with van der Waals surface area (Å²) in [6, 6.07) is 7.39. The van der Waals surface area contributed by atoms with Crippen molar-refractivity contribution in [2.45, 2.75) is 6.92 Å². The van der Waals surface area contributed by atoms with E-state index in [1.54, 1.807) is 12.1 Å². The van der Waals surface area contributed by atoms with Crippen molar-refractivity contribution in [3.8, 4) is 6.07 Å². The van der Waals surface area contributed by atoms with Gasteiger partial charge in [-0.05, 0) is 30.7 Å². The topological polar surface area (TPSA) is 64.3 Å². The van der Waals surface area contributed by atoms with Crippen LogP contribution >= 0.6 is 0 Å². The molecule has 1 rings (SSSR count). The van der Waals surface area contributed by atoms with Gasteiger partial charge in [-0.2, -0.15) is 5.26 Å². The molecule has 98 valence electrons. The van der Waals surface area contributed by atoms with Crippen molar-refractivity contribution in [2.24, 2.45) is 0 Å². The summed E-state index contributed by atoms with van der Waals surface area (Å²) >= 11 is 0. The molecule has 0 saturated carbocycles. The number of carboxylic acid groups (broad SMARTS) is 1. The maximum atomic E-state index is 10.5. The van der Waals surface area contributed by atoms with Gasteiger partial charge in [0.15, 0.2) is 0 Å². The summed E-state index contributed by atoms with van der Waals surface area (Å²) in [4.78, 5) is 12.4. The predicted molar refractivity (Wildman–Crippen MR) is 75.9 cm³/mol. The molecule has 0 aliphatic heterocycles. The Kier molecular flexibility index (Phi) is 4.90. The van der Waals surface area contributed by atoms with E-state index in [-0.39, 0.29) is 0 Å². The third-order valence-corrected chi connectivity index (χ3v) is 2.48. The number of anilines is 1. The van der Waals surface area contributed by atoms with Crippen LogP contribution in [-0.2, 0) is 4.79 Å². The predicted octanol–water partition coefficient (Wildman–Crippen LogP) is 2.67. The third-order valence-electron chi connectivity index (χ3n) is 2.48. The standard InChI is InChI=1S/C15H16N2O2/c1-11(2)10-17(3)14-6-4-12(5-7-15(18)19)8-13(14)9-16/h4-8H,1,10H2,2-3H3,(H,18,19)/b7-5+. The van der Waals surface area contributed by atoms with Crippen LogP contribution in [0.4, 0.5) is 5.69 Å². The first-order chi connectivity index (χ1) is 8.93. The monoisotopic (exact) mass is 256 g/mol. The molecule has 0 radical (unpaired) electrons. The third kappa shape index (κ3) is 4.32. The van der Waals surface area contributed by atoms with Gasteiger partial charge in [-0.15, -0.1) is 0 Å². The molecule has 4 heteroatoms. The minimum absolute atomic E-state index is 0.510. The maximum absolute atomic E-state index is 10.5. The lowest BCUT2D eigenvalue weighted by Crippen LogP contribution is -2.20. The van der Waals surface area contributed by atoms with E-state index in [1.165, 1.54) is 6.08 Å². The molecular formula is C15H16N2O2. The lowest BCUT2D eigenvalue weighted by molar-refractivity contribution is -0.131. The van der Waals surface area contributed by atoms with Crippen molar-refractivity contribution < 1.29 is 9.90 Å². The summed E-state index contributed by atoms with van der Waals surface area (Å²) < 4.78 is 0. The van der Waals surface area contributed by atoms with Gasteiger partial charge in [0.25, 0.3) is 0 Å². The molecule has 0 aliphatic carbocycles. The number of nitriles is 1. The van der Waals surface area contributed by atoms with Crippen LogP contribution in [0.1, 0.15) is 18.1 Å². The second-order valence-corrected chi connectivity index (χ2v) is 4.37. The fraction of sp³-hybridized carbons (Fsp3) is 0.200. The second kappa shape index (κ2) is 6.41. The Morgan fingerprint density at radius 1 is 1.58 bits per heavy atom. The molecule has 0 aliphatic rings. The van der Waals surface area contributed by atoms with Gasteiger partial charge in [0.2, 0.25) is 0 Å². The quantitative estimate of drug-likeness (QED) is 0.649. The van der Waals surface area contributed by atoms with Gasteiger partial charge < -0.3 is 10.0 Å². The van der Waals surface area contributed by atoms with Crippen molar-refractivity contribution in [3.63, 3.8) is 0 Å². The average Bonchev–Trinajstić information content (AvgIpc) is 2.35. The molecule has 0 saturated heterocycles. The number of carboxylic acids is 1. The van der Waals surface area contributed by atoms with Crippen LogP contribution in [0.25, 0.3) is 6.08 Å². The molecule has 19 heavy (non-hydrogen) atoms. The van der Waals surface area contributed by atoms with Crippen molar-refractivity contribution in [3.05, 3.63) is 47.6 Å². The van der Waals surface area contributed by atoms with Gasteiger partial charge in [0.05, 0.1) is 11.3 Å². The second-order valence-electron chi connectivity index (χ2n) is 4.37. The molecule has 0 atom stereocenters. The van der Waals surface area contributed by atoms with Gasteiger partial charge in [0, 0.05) is 19.7 Å². The number of aliphatic carboxylic acids is 1. The molecular weight excluding hydrogens is 240 g/mol. The summed E-state index contributed by atoms with van der Waals surface area (Å²) in [6.07, 6.45) is 2.51. The molecule has 0 bridgehead atoms. The van der Waals surface area contributed by atoms with E-state index in [0.29, 0.717) is 17.7 Å². The fourth-order valence-corrected chi connectivity index (χ4v) is 1.74. The number of hydrogen-bond acceptors (Lipinski definition) is 3. The SMILES string of the molecule is C=C(C)CN(C)c1ccc(/C=C/C(=O)O)cc1C#N. The van der Waals surface area contributed by atoms with Crippen LogP contribution < -0.4 is 4.90 Å². The van der Waals surface area contributed by atoms with E-state index in [1.807, 2.05) is 24.9 Å². The fourth-order valence-electron chi connectivity index (χ4n) is 1.74. The Morgan fingerprint density at radius 3 is 2.79 bits per heavy atom. The molecule has 0 amide bonds. The van der Waals surface area contributed by atoms with E-state index in [2.05, 4.69) is 12.6 Å². The highest BCUT2D eigenvalue weighted by Crippen LogP contribution is 2.21. The summed E-state index contributed by atoms with van der Waals surface area (Å²) in [6.45, 7) is 6.43. The Hall–Kier alpha value is -2.54. The van der Waals surface area contributed by atoms with Gasteiger partial charge in [-0.3, -0.25) is 0 Å². The molecule has 0 unspecified atom stereocenters. The van der Waals surface area contributed by atoms with Crippen molar-refractivity contribution in [1.82, 2.24) is 0 Å². The van der Waals surface area contributed by atoms with Crippen LogP contribution in [-0.4, -0.2) is 24.7 Å². The zero-order valence-corrected chi connectivity index (χ0v) is 11.1. The highest BCUT2D eigenvalue weighted by Gasteiger charge is 2.07. The molecule has 4 nitrogen and oxygen atoms in total. The smallest absolute Gasteiger partial charge is 0.328 e. The maximum Gasteiger partial charge on any atom is 0.328 e. The van der Waals surface area contributed by atoms with Gasteiger partial charge in [-0.25, -0.2) is 4.79 Å². The van der Waals surface area contributed by atoms with Crippen LogP contribution in [0.2, 0.25) is 0 Å². The average molecular weight is 256 g/mol. The number of hydrogen-bond donors (Lipinski definition) is 1. The van der Waals surface area contributed by atoms with Gasteiger partial charge in [-0.1, -0.05) is 18.2 Å². The zero-order chi connectivity index (χ0) is 14.4. The molecule has 0 fully saturated rings. The minimum Gasteiger partial charge on any atom is -0.478 e. The highest BCUT2D eigenvalue weighted by molar-refractivity contribution is 5.85. The molecule has 0 aromatic heterocycles. The Balaban J connectivity index is 3.07. The normalized spacial score (nSPS) is 10.2. The van der Waals surface area contributed by atoms with Gasteiger partial charge >= 0.3 is 5.97 Å². The first kappa shape index (κ1) is 14.5. The first-order valence-corrected chi connectivity index (χ1v) is 5.74. The van der Waals surface area contributed by atoms with Crippen LogP contribution in [0.5, 0.6) is 0 Å². The van der Waals surface area contributed by atoms with Gasteiger partial charge in [0.1, 0.15) is 6.07 Å². The van der Waals surface area contributed by atoms with E-state index in [0.717, 1.165) is 17.3 Å². The lowest BCUT2D eigenvalue weighted by Gasteiger charge is -2.20. The van der Waals surface area contributed by atoms with Crippen molar-refractivity contribution >= 4 is 17.7 Å². The number of rotatable bonds is 5. The van der Waals surface area contributed by atoms with Crippen molar-refractivity contribution in [2.75, 3.05) is 18.5 Å².